The van der Waals surface area contributed by atoms with Gasteiger partial charge in [0.05, 0.1) is 19.7 Å². The molecule has 6 nitrogen and oxygen atoms in total. The lowest BCUT2D eigenvalue weighted by Crippen LogP contribution is -2.46. The van der Waals surface area contributed by atoms with Gasteiger partial charge in [-0.1, -0.05) is 13.8 Å². The van der Waals surface area contributed by atoms with Crippen LogP contribution in [0.15, 0.2) is 0 Å². The summed E-state index contributed by atoms with van der Waals surface area (Å²) < 4.78 is 5.02. The largest absolute Gasteiger partial charge is 0.383 e. The third-order valence-corrected chi connectivity index (χ3v) is 3.23. The van der Waals surface area contributed by atoms with Gasteiger partial charge in [0.25, 0.3) is 0 Å². The van der Waals surface area contributed by atoms with Crippen molar-refractivity contribution in [3.05, 3.63) is 0 Å². The third kappa shape index (κ3) is 8.12. The van der Waals surface area contributed by atoms with Gasteiger partial charge in [-0.25, -0.2) is 0 Å². The number of amides is 2. The molecular weight excluding hydrogens is 258 g/mol. The van der Waals surface area contributed by atoms with E-state index < -0.39 is 0 Å². The Hall–Kier alpha value is -1.14. The van der Waals surface area contributed by atoms with Crippen LogP contribution in [-0.2, 0) is 14.3 Å². The van der Waals surface area contributed by atoms with Crippen molar-refractivity contribution in [2.75, 3.05) is 47.4 Å². The number of carbonyl (C=O) groups excluding carboxylic acids is 2. The molecule has 0 rings (SSSR count). The summed E-state index contributed by atoms with van der Waals surface area (Å²) in [6.45, 7) is 7.58. The van der Waals surface area contributed by atoms with E-state index in [1.807, 2.05) is 6.92 Å². The first kappa shape index (κ1) is 18.9. The summed E-state index contributed by atoms with van der Waals surface area (Å²) in [4.78, 5) is 27.0. The van der Waals surface area contributed by atoms with Crippen molar-refractivity contribution in [2.45, 2.75) is 26.8 Å². The predicted octanol–water partition coefficient (Wildman–Crippen LogP) is 0.184. The molecule has 0 aromatic heterocycles. The Morgan fingerprint density at radius 3 is 2.20 bits per heavy atom. The Kier molecular flexibility index (Phi) is 9.16. The molecule has 0 aromatic rings. The molecule has 0 aromatic carbocycles. The van der Waals surface area contributed by atoms with Crippen LogP contribution in [0.25, 0.3) is 0 Å². The second-order valence-corrected chi connectivity index (χ2v) is 5.59. The monoisotopic (exact) mass is 287 g/mol. The highest BCUT2D eigenvalue weighted by molar-refractivity contribution is 5.81. The first-order chi connectivity index (χ1) is 9.27. The van der Waals surface area contributed by atoms with Crippen LogP contribution in [0.2, 0.25) is 0 Å². The van der Waals surface area contributed by atoms with Crippen LogP contribution >= 0.6 is 0 Å². The molecule has 1 N–H and O–H groups in total. The zero-order valence-electron chi connectivity index (χ0n) is 13.6. The lowest BCUT2D eigenvalue weighted by Gasteiger charge is -2.24. The van der Waals surface area contributed by atoms with Crippen LogP contribution in [0.3, 0.4) is 0 Å². The van der Waals surface area contributed by atoms with Crippen molar-refractivity contribution in [2.24, 2.45) is 5.92 Å². The number of hydrogen-bond acceptors (Lipinski definition) is 4. The van der Waals surface area contributed by atoms with E-state index in [2.05, 4.69) is 19.2 Å². The van der Waals surface area contributed by atoms with Gasteiger partial charge in [-0.15, -0.1) is 0 Å². The zero-order chi connectivity index (χ0) is 15.7. The first-order valence-corrected chi connectivity index (χ1v) is 6.98. The van der Waals surface area contributed by atoms with E-state index in [0.29, 0.717) is 19.1 Å². The fourth-order valence-corrected chi connectivity index (χ4v) is 1.44. The smallest absolute Gasteiger partial charge is 0.236 e. The van der Waals surface area contributed by atoms with Gasteiger partial charge in [0.15, 0.2) is 0 Å². The third-order valence-electron chi connectivity index (χ3n) is 3.23. The zero-order valence-corrected chi connectivity index (χ0v) is 13.6. The molecular formula is C14H29N3O3. The Morgan fingerprint density at radius 2 is 1.75 bits per heavy atom. The maximum Gasteiger partial charge on any atom is 0.236 e. The molecule has 0 aliphatic carbocycles. The molecule has 0 radical (unpaired) electrons. The van der Waals surface area contributed by atoms with Crippen LogP contribution in [0.1, 0.15) is 20.8 Å². The number of methoxy groups -OCH3 is 1. The summed E-state index contributed by atoms with van der Waals surface area (Å²) in [5.74, 6) is 0.300. The summed E-state index contributed by atoms with van der Waals surface area (Å²) in [5, 5.41) is 2.94. The number of nitrogens with one attached hydrogen (secondary N) is 1. The molecule has 0 aliphatic heterocycles. The van der Waals surface area contributed by atoms with Gasteiger partial charge in [0.1, 0.15) is 0 Å². The van der Waals surface area contributed by atoms with Crippen molar-refractivity contribution < 1.29 is 14.3 Å². The summed E-state index contributed by atoms with van der Waals surface area (Å²) in [5.41, 5.74) is 0. The molecule has 0 aliphatic rings. The number of hydrogen-bond donors (Lipinski definition) is 1. The van der Waals surface area contributed by atoms with Crippen LogP contribution in [0.5, 0.6) is 0 Å². The molecule has 20 heavy (non-hydrogen) atoms. The lowest BCUT2D eigenvalue weighted by molar-refractivity contribution is -0.131. The van der Waals surface area contributed by atoms with E-state index in [-0.39, 0.29) is 30.9 Å². The predicted molar refractivity (Wildman–Crippen MR) is 79.5 cm³/mol. The van der Waals surface area contributed by atoms with Gasteiger partial charge in [-0.3, -0.25) is 14.5 Å². The maximum atomic E-state index is 12.0. The van der Waals surface area contributed by atoms with Crippen LogP contribution in [0.4, 0.5) is 0 Å². The molecule has 2 amide bonds. The summed E-state index contributed by atoms with van der Waals surface area (Å²) in [6.07, 6.45) is 0. The van der Waals surface area contributed by atoms with Crippen LogP contribution in [-0.4, -0.2) is 75.1 Å². The van der Waals surface area contributed by atoms with E-state index >= 15 is 0 Å². The maximum absolute atomic E-state index is 12.0. The molecule has 1 atom stereocenters. The van der Waals surface area contributed by atoms with Gasteiger partial charge in [-0.05, 0) is 12.8 Å². The van der Waals surface area contributed by atoms with E-state index in [1.54, 1.807) is 26.1 Å². The van der Waals surface area contributed by atoms with E-state index in [0.717, 1.165) is 0 Å². The fourth-order valence-electron chi connectivity index (χ4n) is 1.44. The summed E-state index contributed by atoms with van der Waals surface area (Å²) >= 11 is 0. The van der Waals surface area contributed by atoms with Crippen LogP contribution in [0, 0.1) is 5.92 Å². The summed E-state index contributed by atoms with van der Waals surface area (Å²) in [6, 6.07) is 0.122. The average Bonchev–Trinajstić information content (AvgIpc) is 2.35. The van der Waals surface area contributed by atoms with E-state index in [9.17, 15) is 9.59 Å². The Balaban J connectivity index is 4.40. The second-order valence-electron chi connectivity index (χ2n) is 5.59. The van der Waals surface area contributed by atoms with Gasteiger partial charge >= 0.3 is 0 Å². The molecule has 1 unspecified atom stereocenters. The minimum absolute atomic E-state index is 0.0224. The fraction of sp³-hybridized carbons (Fsp3) is 0.857. The molecule has 6 heteroatoms. The number of rotatable bonds is 9. The standard InChI is InChI=1S/C14H29N3O3/c1-11(2)12(3)15-13(18)9-17(7-8-20-6)10-14(19)16(4)5/h11-12H,7-10H2,1-6H3,(H,15,18). The Bertz CT molecular complexity index is 306. The highest BCUT2D eigenvalue weighted by Gasteiger charge is 2.17. The lowest BCUT2D eigenvalue weighted by atomic mass is 10.1. The highest BCUT2D eigenvalue weighted by Crippen LogP contribution is 2.00. The highest BCUT2D eigenvalue weighted by atomic mass is 16.5. The average molecular weight is 287 g/mol. The van der Waals surface area contributed by atoms with Crippen molar-refractivity contribution in [3.8, 4) is 0 Å². The summed E-state index contributed by atoms with van der Waals surface area (Å²) in [7, 11) is 5.02. The minimum atomic E-state index is -0.0612. The van der Waals surface area contributed by atoms with Gasteiger partial charge in [0, 0.05) is 33.8 Å². The van der Waals surface area contributed by atoms with Crippen molar-refractivity contribution >= 4 is 11.8 Å². The first-order valence-electron chi connectivity index (χ1n) is 6.98. The van der Waals surface area contributed by atoms with Gasteiger partial charge in [0.2, 0.25) is 11.8 Å². The molecule has 118 valence electrons. The molecule has 0 heterocycles. The molecule has 0 fully saturated rings. The van der Waals surface area contributed by atoms with Gasteiger partial charge in [-0.2, -0.15) is 0 Å². The van der Waals surface area contributed by atoms with Gasteiger partial charge < -0.3 is 15.0 Å². The molecule has 0 saturated heterocycles. The Morgan fingerprint density at radius 1 is 1.15 bits per heavy atom. The van der Waals surface area contributed by atoms with Crippen molar-refractivity contribution in [1.82, 2.24) is 15.1 Å². The Labute approximate surface area is 122 Å². The topological polar surface area (TPSA) is 61.9 Å². The quantitative estimate of drug-likeness (QED) is 0.657. The van der Waals surface area contributed by atoms with E-state index in [1.165, 1.54) is 4.90 Å². The number of likely N-dealkylation sites (N-methyl/N-ethyl adjacent to an activating group) is 1. The second kappa shape index (κ2) is 9.72. The minimum Gasteiger partial charge on any atom is -0.383 e. The van der Waals surface area contributed by atoms with Crippen LogP contribution < -0.4 is 5.32 Å². The van der Waals surface area contributed by atoms with Crippen molar-refractivity contribution in [3.63, 3.8) is 0 Å². The molecule has 0 spiro atoms. The number of carbonyl (C=O) groups is 2. The van der Waals surface area contributed by atoms with E-state index in [4.69, 9.17) is 4.74 Å². The van der Waals surface area contributed by atoms with Crippen molar-refractivity contribution in [1.29, 1.82) is 0 Å². The number of ether oxygens (including phenoxy) is 1. The number of nitrogens with zero attached hydrogens (tertiary/aromatic N) is 2. The molecule has 0 saturated carbocycles. The molecule has 0 bridgehead atoms. The SMILES string of the molecule is COCCN(CC(=O)NC(C)C(C)C)CC(=O)N(C)C. The normalized spacial score (nSPS) is 12.6.